The zero-order valence-corrected chi connectivity index (χ0v) is 31.1. The summed E-state index contributed by atoms with van der Waals surface area (Å²) in [7, 11) is -4.42. The number of phosphoric ester groups is 1. The Bertz CT molecular complexity index is 934. The van der Waals surface area contributed by atoms with Gasteiger partial charge in [-0.1, -0.05) is 120 Å². The molecule has 0 heterocycles. The van der Waals surface area contributed by atoms with E-state index in [1.807, 2.05) is 0 Å². The Labute approximate surface area is 292 Å². The molecular weight excluding hydrogens is 629 g/mol. The van der Waals surface area contributed by atoms with Gasteiger partial charge in [0.25, 0.3) is 0 Å². The number of esters is 1. The van der Waals surface area contributed by atoms with Gasteiger partial charge >= 0.3 is 13.8 Å². The summed E-state index contributed by atoms with van der Waals surface area (Å²) in [6.07, 6.45) is 37.5. The van der Waals surface area contributed by atoms with Crippen LogP contribution >= 0.6 is 7.82 Å². The average Bonchev–Trinajstić information content (AvgIpc) is 3.07. The van der Waals surface area contributed by atoms with Gasteiger partial charge in [0.05, 0.1) is 13.2 Å². The van der Waals surface area contributed by atoms with E-state index in [0.717, 1.165) is 96.3 Å². The summed E-state index contributed by atoms with van der Waals surface area (Å²) >= 11 is 0. The molecule has 2 atom stereocenters. The zero-order valence-electron chi connectivity index (χ0n) is 30.2. The molecule has 0 fully saturated rings. The van der Waals surface area contributed by atoms with Gasteiger partial charge < -0.3 is 20.1 Å². The molecule has 0 aliphatic rings. The van der Waals surface area contributed by atoms with Crippen molar-refractivity contribution in [2.24, 2.45) is 0 Å². The van der Waals surface area contributed by atoms with Crippen LogP contribution in [0.4, 0.5) is 0 Å². The molecule has 0 spiro atoms. The third kappa shape index (κ3) is 35.3. The van der Waals surface area contributed by atoms with Gasteiger partial charge in [-0.15, -0.1) is 0 Å². The molecule has 48 heavy (non-hydrogen) atoms. The number of carbonyl (C=O) groups is 2. The number of aliphatic hydroxyl groups excluding tert-OH is 1. The Morgan fingerprint density at radius 1 is 0.646 bits per heavy atom. The first-order chi connectivity index (χ1) is 23.3. The van der Waals surface area contributed by atoms with E-state index < -0.39 is 26.5 Å². The van der Waals surface area contributed by atoms with Gasteiger partial charge in [0, 0.05) is 19.4 Å². The number of nitrogens with one attached hydrogen (secondary N) is 1. The molecule has 0 rings (SSSR count). The van der Waals surface area contributed by atoms with Crippen molar-refractivity contribution >= 4 is 19.7 Å². The summed E-state index contributed by atoms with van der Waals surface area (Å²) in [6, 6.07) is 0. The van der Waals surface area contributed by atoms with Crippen molar-refractivity contribution in [2.75, 3.05) is 26.4 Å². The van der Waals surface area contributed by atoms with Crippen LogP contribution in [-0.2, 0) is 27.9 Å². The lowest BCUT2D eigenvalue weighted by atomic mass is 10.1. The highest BCUT2D eigenvalue weighted by molar-refractivity contribution is 7.47. The maximum Gasteiger partial charge on any atom is 0.472 e. The van der Waals surface area contributed by atoms with Crippen molar-refractivity contribution in [3.05, 3.63) is 48.6 Å². The smallest absolute Gasteiger partial charge is 0.463 e. The van der Waals surface area contributed by atoms with Crippen LogP contribution in [0.2, 0.25) is 0 Å². The number of allylic oxidation sites excluding steroid dienone is 8. The Hall–Kier alpha value is -2.03. The maximum atomic E-state index is 12.0. The molecule has 9 nitrogen and oxygen atoms in total. The SMILES string of the molecule is CCC/C=C\C/C=C\CCCCCCCC(=O)OCC(O)COP(=O)(O)OCCNC(=O)CCCCCCC/C=C\C/C=C\CCCC. The van der Waals surface area contributed by atoms with Gasteiger partial charge in [0.2, 0.25) is 5.91 Å². The molecule has 10 heteroatoms. The van der Waals surface area contributed by atoms with Crippen LogP contribution in [-0.4, -0.2) is 54.3 Å². The van der Waals surface area contributed by atoms with Crippen LogP contribution in [0, 0.1) is 0 Å². The lowest BCUT2D eigenvalue weighted by Crippen LogP contribution is -2.27. The first-order valence-electron chi connectivity index (χ1n) is 18.6. The molecule has 3 N–H and O–H groups in total. The maximum absolute atomic E-state index is 12.0. The van der Waals surface area contributed by atoms with Crippen LogP contribution in [0.1, 0.15) is 149 Å². The Morgan fingerprint density at radius 3 is 1.75 bits per heavy atom. The van der Waals surface area contributed by atoms with Crippen LogP contribution < -0.4 is 5.32 Å². The topological polar surface area (TPSA) is 131 Å². The summed E-state index contributed by atoms with van der Waals surface area (Å²) < 4.78 is 26.7. The van der Waals surface area contributed by atoms with Gasteiger partial charge in [0.1, 0.15) is 12.7 Å². The number of phosphoric acid groups is 1. The zero-order chi connectivity index (χ0) is 35.4. The number of carbonyl (C=O) groups excluding carboxylic acids is 2. The molecule has 1 amide bonds. The summed E-state index contributed by atoms with van der Waals surface area (Å²) in [4.78, 5) is 33.7. The van der Waals surface area contributed by atoms with Crippen molar-refractivity contribution < 1.29 is 37.9 Å². The van der Waals surface area contributed by atoms with Crippen LogP contribution in [0.5, 0.6) is 0 Å². The van der Waals surface area contributed by atoms with Crippen molar-refractivity contribution in [1.82, 2.24) is 5.32 Å². The normalized spacial score (nSPS) is 14.0. The summed E-state index contributed by atoms with van der Waals surface area (Å²) in [6.45, 7) is 3.39. The predicted molar refractivity (Wildman–Crippen MR) is 197 cm³/mol. The van der Waals surface area contributed by atoms with E-state index in [2.05, 4.69) is 67.8 Å². The second-order valence-electron chi connectivity index (χ2n) is 12.2. The van der Waals surface area contributed by atoms with Gasteiger partial charge in [-0.25, -0.2) is 4.57 Å². The molecular formula is C38H68NO8P. The Morgan fingerprint density at radius 2 is 1.17 bits per heavy atom. The lowest BCUT2D eigenvalue weighted by Gasteiger charge is -2.15. The minimum absolute atomic E-state index is 0.0705. The highest BCUT2D eigenvalue weighted by Crippen LogP contribution is 2.42. The molecule has 0 saturated carbocycles. The van der Waals surface area contributed by atoms with E-state index in [-0.39, 0.29) is 32.1 Å². The fourth-order valence-electron chi connectivity index (χ4n) is 4.61. The molecule has 2 unspecified atom stereocenters. The molecule has 0 aromatic carbocycles. The van der Waals surface area contributed by atoms with Crippen molar-refractivity contribution in [1.29, 1.82) is 0 Å². The van der Waals surface area contributed by atoms with Crippen LogP contribution in [0.3, 0.4) is 0 Å². The monoisotopic (exact) mass is 697 g/mol. The molecule has 0 bridgehead atoms. The van der Waals surface area contributed by atoms with E-state index in [4.69, 9.17) is 13.8 Å². The summed E-state index contributed by atoms with van der Waals surface area (Å²) in [5.74, 6) is -0.550. The number of hydrogen-bond acceptors (Lipinski definition) is 7. The molecule has 0 aliphatic heterocycles. The van der Waals surface area contributed by atoms with Crippen molar-refractivity contribution in [3.8, 4) is 0 Å². The fourth-order valence-corrected chi connectivity index (χ4v) is 5.37. The first-order valence-corrected chi connectivity index (χ1v) is 20.1. The van der Waals surface area contributed by atoms with E-state index in [9.17, 15) is 24.2 Å². The number of rotatable bonds is 34. The number of amides is 1. The van der Waals surface area contributed by atoms with E-state index in [1.54, 1.807) is 0 Å². The number of unbranched alkanes of at least 4 members (excludes halogenated alkanes) is 13. The van der Waals surface area contributed by atoms with Gasteiger partial charge in [-0.3, -0.25) is 18.6 Å². The van der Waals surface area contributed by atoms with Crippen LogP contribution in [0.15, 0.2) is 48.6 Å². The average molecular weight is 698 g/mol. The number of aliphatic hydroxyl groups is 1. The van der Waals surface area contributed by atoms with Crippen molar-refractivity contribution in [3.63, 3.8) is 0 Å². The second-order valence-corrected chi connectivity index (χ2v) is 13.6. The molecule has 0 radical (unpaired) electrons. The second kappa shape index (κ2) is 34.8. The third-order valence-electron chi connectivity index (χ3n) is 7.46. The first kappa shape index (κ1) is 46.0. The van der Waals surface area contributed by atoms with Crippen molar-refractivity contribution in [2.45, 2.75) is 155 Å². The van der Waals surface area contributed by atoms with E-state index >= 15 is 0 Å². The minimum Gasteiger partial charge on any atom is -0.463 e. The summed E-state index contributed by atoms with van der Waals surface area (Å²) in [5, 5.41) is 12.6. The van der Waals surface area contributed by atoms with Gasteiger partial charge in [-0.05, 0) is 64.2 Å². The third-order valence-corrected chi connectivity index (χ3v) is 8.45. The highest BCUT2D eigenvalue weighted by Gasteiger charge is 2.23. The molecule has 0 saturated heterocycles. The molecule has 0 aromatic heterocycles. The van der Waals surface area contributed by atoms with E-state index in [1.165, 1.54) is 25.7 Å². The fraction of sp³-hybridized carbons (Fsp3) is 0.737. The van der Waals surface area contributed by atoms with E-state index in [0.29, 0.717) is 6.42 Å². The van der Waals surface area contributed by atoms with Gasteiger partial charge in [-0.2, -0.15) is 0 Å². The molecule has 278 valence electrons. The highest BCUT2D eigenvalue weighted by atomic mass is 31.2. The molecule has 0 aliphatic carbocycles. The Kier molecular flexibility index (Phi) is 33.3. The predicted octanol–water partition coefficient (Wildman–Crippen LogP) is 9.60. The lowest BCUT2D eigenvalue weighted by molar-refractivity contribution is -0.147. The summed E-state index contributed by atoms with van der Waals surface area (Å²) in [5.41, 5.74) is 0. The quantitative estimate of drug-likeness (QED) is 0.0262. The number of hydrogen-bond donors (Lipinski definition) is 3. The standard InChI is InChI=1S/C38H68NO8P/c1-3-5-7-9-11-13-15-17-19-20-22-24-26-28-30-37(41)39-32-33-46-48(43,44)47-35-36(40)34-45-38(42)31-29-27-25-23-21-18-16-14-12-10-8-6-4-2/h8-11,14-17,36,40H,3-7,12-13,18-35H2,1-2H3,(H,39,41)(H,43,44)/b10-8-,11-9-,16-14-,17-15-. The largest absolute Gasteiger partial charge is 0.472 e. The number of ether oxygens (including phenoxy) is 1. The van der Waals surface area contributed by atoms with Crippen LogP contribution in [0.25, 0.3) is 0 Å². The minimum atomic E-state index is -4.42. The van der Waals surface area contributed by atoms with Gasteiger partial charge in [0.15, 0.2) is 0 Å². The molecule has 0 aromatic rings. The Balaban J connectivity index is 3.68.